The minimum atomic E-state index is -0.675. The van der Waals surface area contributed by atoms with Crippen molar-refractivity contribution in [3.8, 4) is 0 Å². The van der Waals surface area contributed by atoms with Crippen LogP contribution in [-0.4, -0.2) is 107 Å². The van der Waals surface area contributed by atoms with Crippen molar-refractivity contribution in [3.63, 3.8) is 0 Å². The molecular weight excluding hydrogens is 628 g/mol. The lowest BCUT2D eigenvalue weighted by molar-refractivity contribution is 0.00909. The van der Waals surface area contributed by atoms with Crippen LogP contribution < -0.4 is 5.32 Å². The predicted molar refractivity (Wildman–Crippen MR) is 190 cm³/mol. The first-order valence-electron chi connectivity index (χ1n) is 18.0. The van der Waals surface area contributed by atoms with Crippen LogP contribution in [0.4, 0.5) is 19.2 Å². The van der Waals surface area contributed by atoms with E-state index in [2.05, 4.69) is 5.32 Å². The lowest BCUT2D eigenvalue weighted by Gasteiger charge is -2.35. The van der Waals surface area contributed by atoms with Crippen molar-refractivity contribution in [1.82, 2.24) is 20.0 Å². The topological polar surface area (TPSA) is 127 Å². The van der Waals surface area contributed by atoms with Gasteiger partial charge in [-0.15, -0.1) is 0 Å². The number of carbonyl (C=O) groups excluding carboxylic acids is 4. The molecule has 0 heterocycles. The normalized spacial score (nSPS) is 15.5. The maximum absolute atomic E-state index is 13.4. The average Bonchev–Trinajstić information content (AvgIpc) is 3.81. The standard InChI is InChI=1S/C37H66N4O8/c1-34(2,3)46-30(42)38-21-15-24-39(31(43)47-35(4,5)6)22-13-14-23-40(32(44)48-36(7,8)9)25-16-26-41(33(45)49-37(10,11)12)29(27-17-18-27)28-19-20-28/h13-14,27-29H,15-26H2,1-12H3,(H,38,42)/b14-13+. The Bertz CT molecular complexity index is 1110. The van der Waals surface area contributed by atoms with E-state index in [1.807, 2.05) is 79.4 Å². The fourth-order valence-corrected chi connectivity index (χ4v) is 5.23. The molecule has 2 aliphatic rings. The van der Waals surface area contributed by atoms with Crippen molar-refractivity contribution in [1.29, 1.82) is 0 Å². The van der Waals surface area contributed by atoms with Crippen LogP contribution in [0.2, 0.25) is 0 Å². The van der Waals surface area contributed by atoms with Gasteiger partial charge < -0.3 is 39.0 Å². The second kappa shape index (κ2) is 17.7. The number of hydrogen-bond donors (Lipinski definition) is 1. The van der Waals surface area contributed by atoms with Gasteiger partial charge in [0.15, 0.2) is 0 Å². The van der Waals surface area contributed by atoms with Crippen LogP contribution in [0.15, 0.2) is 12.2 Å². The highest BCUT2D eigenvalue weighted by atomic mass is 16.6. The molecule has 2 saturated carbocycles. The molecule has 0 spiro atoms. The minimum Gasteiger partial charge on any atom is -0.444 e. The summed E-state index contributed by atoms with van der Waals surface area (Å²) in [6.45, 7) is 24.0. The van der Waals surface area contributed by atoms with Crippen LogP contribution in [0.5, 0.6) is 0 Å². The first-order chi connectivity index (χ1) is 22.4. The van der Waals surface area contributed by atoms with Gasteiger partial charge >= 0.3 is 24.4 Å². The van der Waals surface area contributed by atoms with E-state index in [1.165, 1.54) is 0 Å². The smallest absolute Gasteiger partial charge is 0.410 e. The van der Waals surface area contributed by atoms with Gasteiger partial charge in [-0.25, -0.2) is 19.2 Å². The lowest BCUT2D eigenvalue weighted by Crippen LogP contribution is -2.47. The highest BCUT2D eigenvalue weighted by Crippen LogP contribution is 2.47. The molecule has 49 heavy (non-hydrogen) atoms. The Morgan fingerprint density at radius 1 is 0.592 bits per heavy atom. The molecule has 2 fully saturated rings. The first-order valence-corrected chi connectivity index (χ1v) is 18.0. The van der Waals surface area contributed by atoms with Crippen molar-refractivity contribution in [2.45, 2.75) is 150 Å². The molecule has 2 rings (SSSR count). The van der Waals surface area contributed by atoms with Crippen molar-refractivity contribution in [2.24, 2.45) is 11.8 Å². The van der Waals surface area contributed by atoms with Crippen LogP contribution in [0, 0.1) is 11.8 Å². The SMILES string of the molecule is CC(C)(C)OC(=O)NCCCN(C/C=C/CN(CCCN(C(=O)OC(C)(C)C)C(C1CC1)C1CC1)C(=O)OC(C)(C)C)C(=O)OC(C)(C)C. The third-order valence-electron chi connectivity index (χ3n) is 7.42. The fraction of sp³-hybridized carbons (Fsp3) is 0.838. The maximum atomic E-state index is 13.4. The van der Waals surface area contributed by atoms with Gasteiger partial charge in [0.05, 0.1) is 0 Å². The van der Waals surface area contributed by atoms with Crippen LogP contribution in [-0.2, 0) is 18.9 Å². The fourth-order valence-electron chi connectivity index (χ4n) is 5.23. The second-order valence-electron chi connectivity index (χ2n) is 17.3. The van der Waals surface area contributed by atoms with Gasteiger partial charge in [-0.3, -0.25) is 0 Å². The highest BCUT2D eigenvalue weighted by molar-refractivity contribution is 5.70. The number of rotatable bonds is 15. The summed E-state index contributed by atoms with van der Waals surface area (Å²) in [6.07, 6.45) is 7.55. The van der Waals surface area contributed by atoms with E-state index in [0.29, 0.717) is 50.9 Å². The van der Waals surface area contributed by atoms with Gasteiger partial charge in [-0.2, -0.15) is 0 Å². The number of nitrogens with zero attached hydrogens (tertiary/aromatic N) is 3. The highest BCUT2D eigenvalue weighted by Gasteiger charge is 2.47. The summed E-state index contributed by atoms with van der Waals surface area (Å²) in [6, 6.07) is 0.183. The number of alkyl carbamates (subject to hydrolysis) is 1. The number of nitrogens with one attached hydrogen (secondary N) is 1. The molecule has 0 aromatic rings. The molecule has 282 valence electrons. The van der Waals surface area contributed by atoms with Gasteiger partial charge in [0.25, 0.3) is 0 Å². The zero-order valence-electron chi connectivity index (χ0n) is 32.5. The number of hydrogen-bond acceptors (Lipinski definition) is 8. The van der Waals surface area contributed by atoms with Gasteiger partial charge in [0, 0.05) is 45.3 Å². The Balaban J connectivity index is 2.08. The van der Waals surface area contributed by atoms with E-state index in [0.717, 1.165) is 25.7 Å². The van der Waals surface area contributed by atoms with Crippen LogP contribution in [0.25, 0.3) is 0 Å². The van der Waals surface area contributed by atoms with Crippen molar-refractivity contribution < 1.29 is 38.1 Å². The molecule has 1 N–H and O–H groups in total. The van der Waals surface area contributed by atoms with E-state index < -0.39 is 40.7 Å². The molecule has 0 aliphatic heterocycles. The Labute approximate surface area is 295 Å². The van der Waals surface area contributed by atoms with E-state index >= 15 is 0 Å². The monoisotopic (exact) mass is 694 g/mol. The van der Waals surface area contributed by atoms with Crippen molar-refractivity contribution in [3.05, 3.63) is 12.2 Å². The van der Waals surface area contributed by atoms with Crippen LogP contribution in [0.3, 0.4) is 0 Å². The second-order valence-corrected chi connectivity index (χ2v) is 17.3. The zero-order valence-corrected chi connectivity index (χ0v) is 32.5. The third kappa shape index (κ3) is 18.4. The van der Waals surface area contributed by atoms with Crippen molar-refractivity contribution in [2.75, 3.05) is 39.3 Å². The number of carbonyl (C=O) groups is 4. The van der Waals surface area contributed by atoms with E-state index in [4.69, 9.17) is 18.9 Å². The van der Waals surface area contributed by atoms with E-state index in [-0.39, 0.29) is 25.2 Å². The molecule has 0 aromatic heterocycles. The Hall–Kier alpha value is -3.18. The van der Waals surface area contributed by atoms with Crippen LogP contribution >= 0.6 is 0 Å². The summed E-state index contributed by atoms with van der Waals surface area (Å²) in [5.41, 5.74) is -2.54. The van der Waals surface area contributed by atoms with E-state index in [1.54, 1.807) is 30.6 Å². The molecule has 0 aromatic carbocycles. The molecule has 4 amide bonds. The molecule has 0 radical (unpaired) electrons. The number of ether oxygens (including phenoxy) is 4. The van der Waals surface area contributed by atoms with Gasteiger partial charge in [-0.1, -0.05) is 12.2 Å². The van der Waals surface area contributed by atoms with Gasteiger partial charge in [-0.05, 0) is 133 Å². The molecule has 0 atom stereocenters. The maximum Gasteiger partial charge on any atom is 0.410 e. The van der Waals surface area contributed by atoms with Gasteiger partial charge in [0.1, 0.15) is 22.4 Å². The lowest BCUT2D eigenvalue weighted by atomic mass is 10.1. The summed E-state index contributed by atoms with van der Waals surface area (Å²) >= 11 is 0. The minimum absolute atomic E-state index is 0.183. The van der Waals surface area contributed by atoms with Crippen molar-refractivity contribution >= 4 is 24.4 Å². The molecule has 0 bridgehead atoms. The third-order valence-corrected chi connectivity index (χ3v) is 7.42. The molecule has 2 aliphatic carbocycles. The molecule has 0 unspecified atom stereocenters. The summed E-state index contributed by atoms with van der Waals surface area (Å²) in [7, 11) is 0. The zero-order chi connectivity index (χ0) is 37.2. The molecule has 12 heteroatoms. The number of amides is 4. The van der Waals surface area contributed by atoms with Gasteiger partial charge in [0.2, 0.25) is 0 Å². The molecule has 12 nitrogen and oxygen atoms in total. The summed E-state index contributed by atoms with van der Waals surface area (Å²) in [5.74, 6) is 1.04. The van der Waals surface area contributed by atoms with E-state index in [9.17, 15) is 19.2 Å². The quantitative estimate of drug-likeness (QED) is 0.105. The largest absolute Gasteiger partial charge is 0.444 e. The summed E-state index contributed by atoms with van der Waals surface area (Å²) < 4.78 is 22.4. The predicted octanol–water partition coefficient (Wildman–Crippen LogP) is 7.75. The molecular formula is C37H66N4O8. The summed E-state index contributed by atoms with van der Waals surface area (Å²) in [4.78, 5) is 56.8. The van der Waals surface area contributed by atoms with Crippen LogP contribution in [0.1, 0.15) is 122 Å². The molecule has 0 saturated heterocycles. The average molecular weight is 695 g/mol. The first kappa shape index (κ1) is 42.0. The Kier molecular flexibility index (Phi) is 15.1. The Morgan fingerprint density at radius 3 is 1.37 bits per heavy atom. The Morgan fingerprint density at radius 2 is 0.980 bits per heavy atom. The summed E-state index contributed by atoms with van der Waals surface area (Å²) in [5, 5.41) is 2.72.